The zero-order valence-corrected chi connectivity index (χ0v) is 18.2. The third-order valence-electron chi connectivity index (χ3n) is 3.82. The number of halogens is 1. The van der Waals surface area contributed by atoms with Crippen molar-refractivity contribution in [3.63, 3.8) is 0 Å². The predicted octanol–water partition coefficient (Wildman–Crippen LogP) is 5.18. The molecule has 0 radical (unpaired) electrons. The summed E-state index contributed by atoms with van der Waals surface area (Å²) in [5.41, 5.74) is 1.80. The molecule has 0 bridgehead atoms. The van der Waals surface area contributed by atoms with Gasteiger partial charge in [0.05, 0.1) is 5.75 Å². The molecule has 27 heavy (non-hydrogen) atoms. The topological polar surface area (TPSA) is 59.8 Å². The number of rotatable bonds is 7. The number of carbonyl (C=O) groups excluding carboxylic acids is 1. The van der Waals surface area contributed by atoms with Crippen LogP contribution in [0.25, 0.3) is 11.4 Å². The van der Waals surface area contributed by atoms with Crippen LogP contribution in [0, 0.1) is 0 Å². The molecule has 3 aromatic rings. The molecular weight excluding hydrogens is 444 g/mol. The van der Waals surface area contributed by atoms with E-state index in [2.05, 4.69) is 31.4 Å². The number of nitrogens with one attached hydrogen (secondary N) is 1. The largest absolute Gasteiger partial charge is 0.325 e. The molecule has 0 aliphatic heterocycles. The summed E-state index contributed by atoms with van der Waals surface area (Å²) in [5.74, 6) is 1.02. The second-order valence-corrected chi connectivity index (χ2v) is 8.36. The third kappa shape index (κ3) is 5.15. The van der Waals surface area contributed by atoms with Crippen molar-refractivity contribution in [3.05, 3.63) is 53.0 Å². The fraction of sp³-hybridized carbons (Fsp3) is 0.211. The first kappa shape index (κ1) is 20.0. The van der Waals surface area contributed by atoms with Crippen LogP contribution in [-0.2, 0) is 11.3 Å². The SMILES string of the molecule is CCn1c(SCC(=O)Nc2cccc(SC)c2)nnc1-c1ccc(Br)cc1. The number of amides is 1. The number of carbonyl (C=O) groups is 1. The van der Waals surface area contributed by atoms with Gasteiger partial charge in [-0.1, -0.05) is 45.9 Å². The van der Waals surface area contributed by atoms with Crippen molar-refractivity contribution >= 4 is 51.0 Å². The van der Waals surface area contributed by atoms with Crippen LogP contribution < -0.4 is 5.32 Å². The Morgan fingerprint density at radius 2 is 1.96 bits per heavy atom. The molecular formula is C19H19BrN4OS2. The minimum atomic E-state index is -0.0610. The first-order chi connectivity index (χ1) is 13.1. The minimum absolute atomic E-state index is 0.0610. The van der Waals surface area contributed by atoms with Crippen LogP contribution in [0.15, 0.2) is 63.1 Å². The third-order valence-corrected chi connectivity index (χ3v) is 6.04. The highest BCUT2D eigenvalue weighted by atomic mass is 79.9. The van der Waals surface area contributed by atoms with E-state index in [9.17, 15) is 4.79 Å². The Hall–Kier alpha value is -1.77. The lowest BCUT2D eigenvalue weighted by molar-refractivity contribution is -0.113. The van der Waals surface area contributed by atoms with Crippen molar-refractivity contribution in [2.24, 2.45) is 0 Å². The van der Waals surface area contributed by atoms with E-state index in [-0.39, 0.29) is 11.7 Å². The molecule has 1 heterocycles. The van der Waals surface area contributed by atoms with Crippen LogP contribution in [-0.4, -0.2) is 32.7 Å². The molecule has 5 nitrogen and oxygen atoms in total. The molecule has 0 spiro atoms. The molecule has 1 N–H and O–H groups in total. The first-order valence-electron chi connectivity index (χ1n) is 8.36. The Kier molecular flexibility index (Phi) is 6.98. The number of thioether (sulfide) groups is 2. The van der Waals surface area contributed by atoms with Gasteiger partial charge in [0, 0.05) is 27.2 Å². The summed E-state index contributed by atoms with van der Waals surface area (Å²) in [6, 6.07) is 15.8. The van der Waals surface area contributed by atoms with Crippen molar-refractivity contribution in [2.75, 3.05) is 17.3 Å². The molecule has 0 saturated carbocycles. The maximum atomic E-state index is 12.3. The van der Waals surface area contributed by atoms with E-state index >= 15 is 0 Å². The number of hydrogen-bond acceptors (Lipinski definition) is 5. The van der Waals surface area contributed by atoms with Gasteiger partial charge >= 0.3 is 0 Å². The normalized spacial score (nSPS) is 10.8. The lowest BCUT2D eigenvalue weighted by atomic mass is 10.2. The molecule has 0 saturated heterocycles. The fourth-order valence-electron chi connectivity index (χ4n) is 2.52. The zero-order valence-electron chi connectivity index (χ0n) is 15.0. The van der Waals surface area contributed by atoms with Gasteiger partial charge in [-0.2, -0.15) is 0 Å². The second-order valence-electron chi connectivity index (χ2n) is 5.63. The molecule has 0 aliphatic rings. The summed E-state index contributed by atoms with van der Waals surface area (Å²) in [6.45, 7) is 2.78. The molecule has 3 rings (SSSR count). The number of aromatic nitrogens is 3. The summed E-state index contributed by atoms with van der Waals surface area (Å²) in [6.07, 6.45) is 2.01. The average Bonchev–Trinajstić information content (AvgIpc) is 3.10. The summed E-state index contributed by atoms with van der Waals surface area (Å²) in [5, 5.41) is 12.3. The number of anilines is 1. The monoisotopic (exact) mass is 462 g/mol. The van der Waals surface area contributed by atoms with Crippen molar-refractivity contribution < 1.29 is 4.79 Å². The van der Waals surface area contributed by atoms with Crippen LogP contribution in [0.4, 0.5) is 5.69 Å². The highest BCUT2D eigenvalue weighted by Gasteiger charge is 2.14. The van der Waals surface area contributed by atoms with Crippen LogP contribution in [0.2, 0.25) is 0 Å². The van der Waals surface area contributed by atoms with E-state index in [1.54, 1.807) is 11.8 Å². The first-order valence-corrected chi connectivity index (χ1v) is 11.4. The summed E-state index contributed by atoms with van der Waals surface area (Å²) in [7, 11) is 0. The van der Waals surface area contributed by atoms with E-state index in [1.807, 2.05) is 66.3 Å². The Balaban J connectivity index is 1.67. The lowest BCUT2D eigenvalue weighted by Gasteiger charge is -2.08. The smallest absolute Gasteiger partial charge is 0.234 e. The van der Waals surface area contributed by atoms with Gasteiger partial charge in [0.15, 0.2) is 11.0 Å². The highest BCUT2D eigenvalue weighted by molar-refractivity contribution is 9.10. The van der Waals surface area contributed by atoms with Gasteiger partial charge in [-0.05, 0) is 43.5 Å². The molecule has 140 valence electrons. The molecule has 0 unspecified atom stereocenters. The maximum absolute atomic E-state index is 12.3. The fourth-order valence-corrected chi connectivity index (χ4v) is 4.05. The van der Waals surface area contributed by atoms with Gasteiger partial charge in [-0.25, -0.2) is 0 Å². The summed E-state index contributed by atoms with van der Waals surface area (Å²) < 4.78 is 3.04. The highest BCUT2D eigenvalue weighted by Crippen LogP contribution is 2.25. The van der Waals surface area contributed by atoms with Gasteiger partial charge in [0.2, 0.25) is 5.91 Å². The van der Waals surface area contributed by atoms with Gasteiger partial charge in [0.25, 0.3) is 0 Å². The van der Waals surface area contributed by atoms with Crippen LogP contribution >= 0.6 is 39.5 Å². The van der Waals surface area contributed by atoms with Gasteiger partial charge in [-0.15, -0.1) is 22.0 Å². The van der Waals surface area contributed by atoms with Crippen molar-refractivity contribution in [2.45, 2.75) is 23.5 Å². The van der Waals surface area contributed by atoms with Gasteiger partial charge in [-0.3, -0.25) is 4.79 Å². The van der Waals surface area contributed by atoms with Crippen molar-refractivity contribution in [3.8, 4) is 11.4 Å². The Morgan fingerprint density at radius 3 is 2.67 bits per heavy atom. The van der Waals surface area contributed by atoms with Crippen LogP contribution in [0.5, 0.6) is 0 Å². The van der Waals surface area contributed by atoms with Crippen molar-refractivity contribution in [1.82, 2.24) is 14.8 Å². The Morgan fingerprint density at radius 1 is 1.19 bits per heavy atom. The maximum Gasteiger partial charge on any atom is 0.234 e. The molecule has 8 heteroatoms. The Bertz CT molecular complexity index is 928. The molecule has 0 aliphatic carbocycles. The summed E-state index contributed by atoms with van der Waals surface area (Å²) in [4.78, 5) is 13.4. The standard InChI is InChI=1S/C19H19BrN4OS2/c1-3-24-18(13-7-9-14(20)10-8-13)22-23-19(24)27-12-17(25)21-15-5-4-6-16(11-15)26-2/h4-11H,3,12H2,1-2H3,(H,21,25). The van der Waals surface area contributed by atoms with Gasteiger partial charge < -0.3 is 9.88 Å². The molecule has 0 atom stereocenters. The van der Waals surface area contributed by atoms with E-state index in [4.69, 9.17) is 0 Å². The lowest BCUT2D eigenvalue weighted by Crippen LogP contribution is -2.14. The van der Waals surface area contributed by atoms with Crippen LogP contribution in [0.1, 0.15) is 6.92 Å². The molecule has 0 fully saturated rings. The average molecular weight is 463 g/mol. The molecule has 2 aromatic carbocycles. The minimum Gasteiger partial charge on any atom is -0.325 e. The molecule has 1 amide bonds. The number of benzene rings is 2. The van der Waals surface area contributed by atoms with E-state index in [1.165, 1.54) is 11.8 Å². The Labute approximate surface area is 175 Å². The quantitative estimate of drug-likeness (QED) is 0.490. The van der Waals surface area contributed by atoms with E-state index in [0.29, 0.717) is 0 Å². The van der Waals surface area contributed by atoms with Crippen LogP contribution in [0.3, 0.4) is 0 Å². The second kappa shape index (κ2) is 9.43. The predicted molar refractivity (Wildman–Crippen MR) is 116 cm³/mol. The molecule has 1 aromatic heterocycles. The van der Waals surface area contributed by atoms with E-state index < -0.39 is 0 Å². The number of hydrogen-bond donors (Lipinski definition) is 1. The van der Waals surface area contributed by atoms with Gasteiger partial charge in [0.1, 0.15) is 0 Å². The van der Waals surface area contributed by atoms with E-state index in [0.717, 1.165) is 38.1 Å². The zero-order chi connectivity index (χ0) is 19.2. The number of nitrogens with zero attached hydrogens (tertiary/aromatic N) is 3. The summed E-state index contributed by atoms with van der Waals surface area (Å²) >= 11 is 6.48. The van der Waals surface area contributed by atoms with Crippen molar-refractivity contribution in [1.29, 1.82) is 0 Å².